The van der Waals surface area contributed by atoms with Gasteiger partial charge in [0.15, 0.2) is 0 Å². The van der Waals surface area contributed by atoms with Crippen molar-refractivity contribution in [3.8, 4) is 0 Å². The number of carbonyl (C=O) groups excluding carboxylic acids is 1. The molecule has 132 valence electrons. The van der Waals surface area contributed by atoms with E-state index in [2.05, 4.69) is 4.90 Å². The number of anilines is 1. The number of aryl methyl sites for hydroxylation is 2. The van der Waals surface area contributed by atoms with E-state index in [1.807, 2.05) is 54.3 Å². The smallest absolute Gasteiger partial charge is 0.223 e. The maximum atomic E-state index is 12.5. The molecule has 3 nitrogen and oxygen atoms in total. The number of rotatable bonds is 4. The molecule has 25 heavy (non-hydrogen) atoms. The van der Waals surface area contributed by atoms with Crippen LogP contribution in [0, 0.1) is 6.92 Å². The molecule has 0 atom stereocenters. The summed E-state index contributed by atoms with van der Waals surface area (Å²) < 4.78 is 0. The van der Waals surface area contributed by atoms with Crippen LogP contribution in [0.2, 0.25) is 10.0 Å². The molecular formula is C20H22Cl2N2O. The van der Waals surface area contributed by atoms with Crippen molar-refractivity contribution in [2.45, 2.75) is 19.8 Å². The minimum atomic E-state index is 0.204. The number of nitrogens with zero attached hydrogens (tertiary/aromatic N) is 2. The number of hydrogen-bond acceptors (Lipinski definition) is 2. The molecule has 0 N–H and O–H groups in total. The van der Waals surface area contributed by atoms with Crippen LogP contribution in [0.3, 0.4) is 0 Å². The van der Waals surface area contributed by atoms with Gasteiger partial charge in [-0.1, -0.05) is 47.5 Å². The Morgan fingerprint density at radius 3 is 2.40 bits per heavy atom. The van der Waals surface area contributed by atoms with E-state index in [1.165, 1.54) is 0 Å². The lowest BCUT2D eigenvalue weighted by atomic mass is 10.1. The van der Waals surface area contributed by atoms with Crippen LogP contribution in [0.1, 0.15) is 17.5 Å². The first kappa shape index (κ1) is 18.1. The van der Waals surface area contributed by atoms with Gasteiger partial charge in [0.1, 0.15) is 0 Å². The Labute approximate surface area is 159 Å². The topological polar surface area (TPSA) is 23.6 Å². The summed E-state index contributed by atoms with van der Waals surface area (Å²) in [6.07, 6.45) is 1.25. The van der Waals surface area contributed by atoms with Crippen molar-refractivity contribution in [1.82, 2.24) is 4.90 Å². The van der Waals surface area contributed by atoms with Gasteiger partial charge >= 0.3 is 0 Å². The van der Waals surface area contributed by atoms with E-state index in [0.29, 0.717) is 6.42 Å². The molecule has 1 aliphatic rings. The lowest BCUT2D eigenvalue weighted by Crippen LogP contribution is -2.48. The Morgan fingerprint density at radius 2 is 1.72 bits per heavy atom. The van der Waals surface area contributed by atoms with Crippen LogP contribution in [0.5, 0.6) is 0 Å². The average molecular weight is 377 g/mol. The Kier molecular flexibility index (Phi) is 5.87. The Bertz CT molecular complexity index is 755. The summed E-state index contributed by atoms with van der Waals surface area (Å²) in [4.78, 5) is 16.7. The second-order valence-electron chi connectivity index (χ2n) is 6.40. The fourth-order valence-electron chi connectivity index (χ4n) is 3.11. The van der Waals surface area contributed by atoms with Gasteiger partial charge in [-0.25, -0.2) is 0 Å². The standard InChI is InChI=1S/C20H22Cl2N2O/c1-15-6-7-16(14-18(15)22)8-9-20(25)24-12-10-23(11-13-24)19-5-3-2-4-17(19)21/h2-7,14H,8-13H2,1H3. The van der Waals surface area contributed by atoms with Crippen molar-refractivity contribution < 1.29 is 4.79 Å². The lowest BCUT2D eigenvalue weighted by molar-refractivity contribution is -0.131. The van der Waals surface area contributed by atoms with Crippen LogP contribution in [0.15, 0.2) is 42.5 Å². The molecule has 5 heteroatoms. The van der Waals surface area contributed by atoms with Crippen LogP contribution in [-0.2, 0) is 11.2 Å². The van der Waals surface area contributed by atoms with Gasteiger partial charge in [0.25, 0.3) is 0 Å². The van der Waals surface area contributed by atoms with E-state index < -0.39 is 0 Å². The average Bonchev–Trinajstić information content (AvgIpc) is 2.63. The molecule has 0 spiro atoms. The molecular weight excluding hydrogens is 355 g/mol. The predicted octanol–water partition coefficient (Wildman–Crippen LogP) is 4.58. The maximum absolute atomic E-state index is 12.5. The summed E-state index contributed by atoms with van der Waals surface area (Å²) in [5, 5.41) is 1.52. The van der Waals surface area contributed by atoms with E-state index in [0.717, 1.165) is 59.5 Å². The first-order valence-electron chi connectivity index (χ1n) is 8.57. The number of benzene rings is 2. The van der Waals surface area contributed by atoms with Crippen LogP contribution in [0.4, 0.5) is 5.69 Å². The molecule has 1 fully saturated rings. The van der Waals surface area contributed by atoms with E-state index in [1.54, 1.807) is 0 Å². The van der Waals surface area contributed by atoms with E-state index >= 15 is 0 Å². The number of halogens is 2. The molecule has 0 aromatic heterocycles. The molecule has 3 rings (SSSR count). The summed E-state index contributed by atoms with van der Waals surface area (Å²) in [5.74, 6) is 0.204. The van der Waals surface area contributed by atoms with Gasteiger partial charge in [-0.15, -0.1) is 0 Å². The summed E-state index contributed by atoms with van der Waals surface area (Å²) >= 11 is 12.4. The molecule has 0 saturated carbocycles. The molecule has 0 radical (unpaired) electrons. The highest BCUT2D eigenvalue weighted by Crippen LogP contribution is 2.26. The fraction of sp³-hybridized carbons (Fsp3) is 0.350. The molecule has 1 amide bonds. The summed E-state index contributed by atoms with van der Waals surface area (Å²) in [5.41, 5.74) is 3.22. The number of carbonyl (C=O) groups is 1. The van der Waals surface area contributed by atoms with Gasteiger partial charge in [-0.3, -0.25) is 4.79 Å². The molecule has 2 aromatic rings. The molecule has 0 unspecified atom stereocenters. The minimum absolute atomic E-state index is 0.204. The number of hydrogen-bond donors (Lipinski definition) is 0. The number of piperazine rings is 1. The second kappa shape index (κ2) is 8.11. The van der Waals surface area contributed by atoms with Crippen LogP contribution in [0.25, 0.3) is 0 Å². The summed E-state index contributed by atoms with van der Waals surface area (Å²) in [6.45, 7) is 5.07. The van der Waals surface area contributed by atoms with Gasteiger partial charge in [0.2, 0.25) is 5.91 Å². The zero-order valence-corrected chi connectivity index (χ0v) is 15.9. The van der Waals surface area contributed by atoms with E-state index in [4.69, 9.17) is 23.2 Å². The van der Waals surface area contributed by atoms with Gasteiger partial charge < -0.3 is 9.80 Å². The molecule has 0 aliphatic carbocycles. The van der Waals surface area contributed by atoms with Crippen LogP contribution < -0.4 is 4.90 Å². The third-order valence-electron chi connectivity index (χ3n) is 4.69. The summed E-state index contributed by atoms with van der Waals surface area (Å²) in [7, 11) is 0. The van der Waals surface area contributed by atoms with E-state index in [-0.39, 0.29) is 5.91 Å². The molecule has 1 aliphatic heterocycles. The van der Waals surface area contributed by atoms with Crippen molar-refractivity contribution in [2.24, 2.45) is 0 Å². The highest BCUT2D eigenvalue weighted by atomic mass is 35.5. The zero-order chi connectivity index (χ0) is 17.8. The fourth-order valence-corrected chi connectivity index (χ4v) is 3.56. The Hall–Kier alpha value is -1.71. The van der Waals surface area contributed by atoms with Crippen molar-refractivity contribution in [1.29, 1.82) is 0 Å². The van der Waals surface area contributed by atoms with Gasteiger partial charge in [-0.05, 0) is 42.7 Å². The van der Waals surface area contributed by atoms with Gasteiger partial charge in [0.05, 0.1) is 10.7 Å². The van der Waals surface area contributed by atoms with Crippen molar-refractivity contribution in [3.63, 3.8) is 0 Å². The second-order valence-corrected chi connectivity index (χ2v) is 7.22. The Morgan fingerprint density at radius 1 is 1.00 bits per heavy atom. The molecule has 0 bridgehead atoms. The Balaban J connectivity index is 1.51. The molecule has 1 heterocycles. The summed E-state index contributed by atoms with van der Waals surface area (Å²) in [6, 6.07) is 13.9. The molecule has 2 aromatic carbocycles. The predicted molar refractivity (Wildman–Crippen MR) is 105 cm³/mol. The van der Waals surface area contributed by atoms with Gasteiger partial charge in [0, 0.05) is 37.6 Å². The number of amides is 1. The third-order valence-corrected chi connectivity index (χ3v) is 5.42. The van der Waals surface area contributed by atoms with Gasteiger partial charge in [-0.2, -0.15) is 0 Å². The quantitative estimate of drug-likeness (QED) is 0.779. The largest absolute Gasteiger partial charge is 0.367 e. The number of para-hydroxylation sites is 1. The van der Waals surface area contributed by atoms with Crippen molar-refractivity contribution in [3.05, 3.63) is 63.6 Å². The van der Waals surface area contributed by atoms with Crippen LogP contribution >= 0.6 is 23.2 Å². The minimum Gasteiger partial charge on any atom is -0.367 e. The highest BCUT2D eigenvalue weighted by Gasteiger charge is 2.22. The van der Waals surface area contributed by atoms with Crippen molar-refractivity contribution in [2.75, 3.05) is 31.1 Å². The molecule has 1 saturated heterocycles. The third kappa shape index (κ3) is 4.47. The van der Waals surface area contributed by atoms with Crippen molar-refractivity contribution >= 4 is 34.8 Å². The van der Waals surface area contributed by atoms with E-state index in [9.17, 15) is 4.79 Å². The van der Waals surface area contributed by atoms with Crippen LogP contribution in [-0.4, -0.2) is 37.0 Å². The normalized spacial score (nSPS) is 14.7. The SMILES string of the molecule is Cc1ccc(CCC(=O)N2CCN(c3ccccc3Cl)CC2)cc1Cl. The maximum Gasteiger partial charge on any atom is 0.223 e. The zero-order valence-electron chi connectivity index (χ0n) is 14.3. The lowest BCUT2D eigenvalue weighted by Gasteiger charge is -2.36. The first-order chi connectivity index (χ1) is 12.0. The first-order valence-corrected chi connectivity index (χ1v) is 9.32. The monoisotopic (exact) mass is 376 g/mol. The highest BCUT2D eigenvalue weighted by molar-refractivity contribution is 6.33.